The number of hydrogen-bond donors (Lipinski definition) is 2. The fraction of sp³-hybridized carbons (Fsp3) is 0.650. The van der Waals surface area contributed by atoms with E-state index in [-0.39, 0.29) is 17.2 Å². The molecule has 0 aliphatic rings. The maximum Gasteiger partial charge on any atom is 0.255 e. The van der Waals surface area contributed by atoms with Crippen molar-refractivity contribution >= 4 is 17.5 Å². The average Bonchev–Trinajstić information content (AvgIpc) is 2.55. The third kappa shape index (κ3) is 8.05. The van der Waals surface area contributed by atoms with Crippen LogP contribution in [-0.2, 0) is 0 Å². The number of hydrogen-bond acceptors (Lipinski definition) is 2. The summed E-state index contributed by atoms with van der Waals surface area (Å²) in [6.07, 6.45) is 12.7. The Balaban J connectivity index is 2.09. The molecule has 0 aromatic heterocycles. The lowest BCUT2D eigenvalue weighted by molar-refractivity contribution is 0.0950. The Hall–Kier alpha value is -1.22. The summed E-state index contributed by atoms with van der Waals surface area (Å²) in [5, 5.41) is 13.2. The van der Waals surface area contributed by atoms with Gasteiger partial charge in [-0.25, -0.2) is 0 Å². The van der Waals surface area contributed by atoms with Gasteiger partial charge < -0.3 is 10.4 Å². The molecule has 0 atom stereocenters. The Morgan fingerprint density at radius 3 is 2.12 bits per heavy atom. The monoisotopic (exact) mass is 353 g/mol. The van der Waals surface area contributed by atoms with Crippen LogP contribution in [0.1, 0.15) is 87.1 Å². The van der Waals surface area contributed by atoms with Gasteiger partial charge in [0.05, 0.1) is 5.56 Å². The molecule has 1 aromatic carbocycles. The number of carbonyl (C=O) groups excluding carboxylic acids is 1. The zero-order valence-electron chi connectivity index (χ0n) is 15.2. The summed E-state index contributed by atoms with van der Waals surface area (Å²) < 4.78 is 0. The number of phenolic OH excluding ortho intramolecular Hbond substituents is 1. The minimum Gasteiger partial charge on any atom is -0.507 e. The molecule has 0 saturated heterocycles. The number of aromatic hydroxyl groups is 1. The van der Waals surface area contributed by atoms with Crippen LogP contribution < -0.4 is 5.32 Å². The van der Waals surface area contributed by atoms with Gasteiger partial charge in [-0.2, -0.15) is 0 Å². The first kappa shape index (κ1) is 20.8. The van der Waals surface area contributed by atoms with Gasteiger partial charge in [-0.05, 0) is 31.0 Å². The molecule has 0 bridgehead atoms. The number of rotatable bonds is 12. The Bertz CT molecular complexity index is 503. The third-order valence-electron chi connectivity index (χ3n) is 4.34. The number of halogens is 1. The predicted molar refractivity (Wildman–Crippen MR) is 102 cm³/mol. The largest absolute Gasteiger partial charge is 0.507 e. The molecule has 136 valence electrons. The van der Waals surface area contributed by atoms with E-state index in [0.29, 0.717) is 11.6 Å². The summed E-state index contributed by atoms with van der Waals surface area (Å²) >= 11 is 6.01. The zero-order valence-corrected chi connectivity index (χ0v) is 15.9. The molecule has 0 spiro atoms. The van der Waals surface area contributed by atoms with Gasteiger partial charge >= 0.3 is 0 Å². The van der Waals surface area contributed by atoms with Crippen molar-refractivity contribution in [3.8, 4) is 5.75 Å². The number of nitrogens with one attached hydrogen (secondary N) is 1. The molecule has 0 saturated carbocycles. The van der Waals surface area contributed by atoms with Crippen molar-refractivity contribution in [2.75, 3.05) is 6.54 Å². The van der Waals surface area contributed by atoms with Crippen molar-refractivity contribution in [3.63, 3.8) is 0 Å². The highest BCUT2D eigenvalue weighted by atomic mass is 35.5. The first-order chi connectivity index (χ1) is 11.6. The second-order valence-corrected chi connectivity index (χ2v) is 6.96. The van der Waals surface area contributed by atoms with Crippen LogP contribution in [0, 0.1) is 6.92 Å². The molecular formula is C20H32ClNO2. The van der Waals surface area contributed by atoms with Crippen LogP contribution in [-0.4, -0.2) is 17.6 Å². The molecule has 0 radical (unpaired) electrons. The van der Waals surface area contributed by atoms with Gasteiger partial charge in [-0.3, -0.25) is 4.79 Å². The van der Waals surface area contributed by atoms with E-state index in [1.165, 1.54) is 63.5 Å². The molecule has 4 heteroatoms. The summed E-state index contributed by atoms with van der Waals surface area (Å²) in [5.41, 5.74) is 1.01. The second-order valence-electron chi connectivity index (χ2n) is 6.56. The lowest BCUT2D eigenvalue weighted by Gasteiger charge is -2.09. The molecule has 0 fully saturated rings. The number of unbranched alkanes of at least 4 members (excludes halogenated alkanes) is 9. The Morgan fingerprint density at radius 2 is 1.54 bits per heavy atom. The average molecular weight is 354 g/mol. The van der Waals surface area contributed by atoms with Crippen LogP contribution in [0.4, 0.5) is 0 Å². The zero-order chi connectivity index (χ0) is 17.8. The molecule has 24 heavy (non-hydrogen) atoms. The fourth-order valence-electron chi connectivity index (χ4n) is 2.76. The number of carbonyl (C=O) groups is 1. The highest BCUT2D eigenvalue weighted by Gasteiger charge is 2.12. The van der Waals surface area contributed by atoms with Gasteiger partial charge in [0.2, 0.25) is 0 Å². The molecule has 0 aliphatic carbocycles. The lowest BCUT2D eigenvalue weighted by Crippen LogP contribution is -2.24. The molecule has 0 heterocycles. The van der Waals surface area contributed by atoms with E-state index in [0.717, 1.165) is 18.4 Å². The number of benzene rings is 1. The molecule has 1 amide bonds. The Kier molecular flexibility index (Phi) is 10.6. The van der Waals surface area contributed by atoms with Crippen molar-refractivity contribution in [2.24, 2.45) is 0 Å². The summed E-state index contributed by atoms with van der Waals surface area (Å²) in [5.74, 6) is -0.275. The van der Waals surface area contributed by atoms with Crippen LogP contribution in [0.3, 0.4) is 0 Å². The number of amides is 1. The maximum absolute atomic E-state index is 12.1. The molecular weight excluding hydrogens is 322 g/mol. The quantitative estimate of drug-likeness (QED) is 0.452. The predicted octanol–water partition coefficient (Wildman–Crippen LogP) is 6.00. The molecule has 3 nitrogen and oxygen atoms in total. The van der Waals surface area contributed by atoms with Gasteiger partial charge in [-0.15, -0.1) is 0 Å². The molecule has 1 rings (SSSR count). The highest BCUT2D eigenvalue weighted by Crippen LogP contribution is 2.25. The highest BCUT2D eigenvalue weighted by molar-refractivity contribution is 6.31. The minimum absolute atomic E-state index is 0.0162. The summed E-state index contributed by atoms with van der Waals surface area (Å²) in [6.45, 7) is 4.68. The van der Waals surface area contributed by atoms with Crippen molar-refractivity contribution in [1.82, 2.24) is 5.32 Å². The number of aryl methyl sites for hydroxylation is 1. The first-order valence-corrected chi connectivity index (χ1v) is 9.71. The van der Waals surface area contributed by atoms with E-state index < -0.39 is 0 Å². The molecule has 0 aliphatic heterocycles. The van der Waals surface area contributed by atoms with Crippen LogP contribution in [0.2, 0.25) is 5.02 Å². The van der Waals surface area contributed by atoms with Gasteiger partial charge in [0, 0.05) is 11.6 Å². The fourth-order valence-corrected chi connectivity index (χ4v) is 2.92. The normalized spacial score (nSPS) is 10.8. The molecule has 1 aromatic rings. The number of phenols is 1. The van der Waals surface area contributed by atoms with Crippen LogP contribution in [0.5, 0.6) is 5.75 Å². The SMILES string of the molecule is CCCCCCCCCCCCNC(=O)c1cc(Cl)c(C)cc1O. The minimum atomic E-state index is -0.259. The third-order valence-corrected chi connectivity index (χ3v) is 4.74. The van der Waals surface area contributed by atoms with Crippen molar-refractivity contribution < 1.29 is 9.90 Å². The second kappa shape index (κ2) is 12.2. The van der Waals surface area contributed by atoms with E-state index in [2.05, 4.69) is 12.2 Å². The summed E-state index contributed by atoms with van der Waals surface area (Å²) in [4.78, 5) is 12.1. The van der Waals surface area contributed by atoms with Crippen LogP contribution >= 0.6 is 11.6 Å². The van der Waals surface area contributed by atoms with E-state index in [1.54, 1.807) is 6.92 Å². The topological polar surface area (TPSA) is 49.3 Å². The lowest BCUT2D eigenvalue weighted by atomic mass is 10.1. The van der Waals surface area contributed by atoms with Gasteiger partial charge in [0.15, 0.2) is 0 Å². The van der Waals surface area contributed by atoms with E-state index in [1.807, 2.05) is 0 Å². The van der Waals surface area contributed by atoms with Gasteiger partial charge in [0.1, 0.15) is 5.75 Å². The van der Waals surface area contributed by atoms with Crippen molar-refractivity contribution in [1.29, 1.82) is 0 Å². The van der Waals surface area contributed by atoms with E-state index in [4.69, 9.17) is 11.6 Å². The first-order valence-electron chi connectivity index (χ1n) is 9.33. The van der Waals surface area contributed by atoms with Crippen LogP contribution in [0.25, 0.3) is 0 Å². The molecule has 2 N–H and O–H groups in total. The van der Waals surface area contributed by atoms with Gasteiger partial charge in [0.25, 0.3) is 5.91 Å². The van der Waals surface area contributed by atoms with E-state index in [9.17, 15) is 9.90 Å². The maximum atomic E-state index is 12.1. The summed E-state index contributed by atoms with van der Waals surface area (Å²) in [7, 11) is 0. The van der Waals surface area contributed by atoms with Crippen molar-refractivity contribution in [2.45, 2.75) is 78.1 Å². The van der Waals surface area contributed by atoms with E-state index >= 15 is 0 Å². The van der Waals surface area contributed by atoms with Crippen LogP contribution in [0.15, 0.2) is 12.1 Å². The van der Waals surface area contributed by atoms with Crippen molar-refractivity contribution in [3.05, 3.63) is 28.3 Å². The smallest absolute Gasteiger partial charge is 0.255 e. The molecule has 0 unspecified atom stereocenters. The Labute approximate surface area is 151 Å². The standard InChI is InChI=1S/C20H32ClNO2/c1-3-4-5-6-7-8-9-10-11-12-13-22-20(24)17-15-18(21)16(2)14-19(17)23/h14-15,23H,3-13H2,1-2H3,(H,22,24). The summed E-state index contributed by atoms with van der Waals surface area (Å²) in [6, 6.07) is 3.05. The van der Waals surface area contributed by atoms with Gasteiger partial charge in [-0.1, -0.05) is 76.3 Å². The Morgan fingerprint density at radius 1 is 1.00 bits per heavy atom.